The predicted octanol–water partition coefficient (Wildman–Crippen LogP) is 4.03. The first-order valence-corrected chi connectivity index (χ1v) is 9.92. The van der Waals surface area contributed by atoms with Crippen LogP contribution in [-0.4, -0.2) is 27.3 Å². The summed E-state index contributed by atoms with van der Waals surface area (Å²) in [6.07, 6.45) is 6.04. The Morgan fingerprint density at radius 2 is 2.21 bits per heavy atom. The van der Waals surface area contributed by atoms with Gasteiger partial charge in [-0.2, -0.15) is 0 Å². The molecule has 1 amide bonds. The van der Waals surface area contributed by atoms with Gasteiger partial charge in [-0.05, 0) is 37.0 Å². The molecule has 3 heterocycles. The normalized spacial score (nSPS) is 13.2. The molecule has 7 nitrogen and oxygen atoms in total. The Morgan fingerprint density at radius 3 is 3.00 bits per heavy atom. The molecule has 0 radical (unpaired) electrons. The van der Waals surface area contributed by atoms with Gasteiger partial charge in [0, 0.05) is 48.4 Å². The third-order valence-electron chi connectivity index (χ3n) is 4.75. The molecule has 0 fully saturated rings. The number of rotatable bonds is 5. The van der Waals surface area contributed by atoms with Crippen LogP contribution < -0.4 is 4.90 Å². The minimum absolute atomic E-state index is 0.0130. The summed E-state index contributed by atoms with van der Waals surface area (Å²) < 4.78 is 0. The molecule has 0 saturated heterocycles. The second kappa shape index (κ2) is 7.85. The molecule has 0 bridgehead atoms. The van der Waals surface area contributed by atoms with E-state index in [0.29, 0.717) is 25.1 Å². The van der Waals surface area contributed by atoms with Crippen molar-refractivity contribution in [1.29, 1.82) is 0 Å². The Morgan fingerprint density at radius 1 is 1.32 bits per heavy atom. The van der Waals surface area contributed by atoms with Crippen molar-refractivity contribution in [3.63, 3.8) is 0 Å². The topological polar surface area (TPSA) is 89.2 Å². The number of thiazole rings is 1. The van der Waals surface area contributed by atoms with Gasteiger partial charge in [0.25, 0.3) is 5.69 Å². The molecule has 0 saturated carbocycles. The lowest BCUT2D eigenvalue weighted by molar-refractivity contribution is -0.384. The maximum atomic E-state index is 12.8. The molecule has 2 aromatic heterocycles. The van der Waals surface area contributed by atoms with Crippen LogP contribution in [0.15, 0.2) is 48.1 Å². The number of nitro groups is 1. The maximum Gasteiger partial charge on any atom is 0.271 e. The van der Waals surface area contributed by atoms with E-state index in [1.54, 1.807) is 23.4 Å². The summed E-state index contributed by atoms with van der Waals surface area (Å²) >= 11 is 1.53. The summed E-state index contributed by atoms with van der Waals surface area (Å²) in [4.78, 5) is 33.9. The molecule has 1 aliphatic heterocycles. The molecule has 0 N–H and O–H groups in total. The van der Waals surface area contributed by atoms with Crippen molar-refractivity contribution in [2.45, 2.75) is 25.7 Å². The zero-order valence-corrected chi connectivity index (χ0v) is 15.9. The lowest BCUT2D eigenvalue weighted by atomic mass is 10.0. The van der Waals surface area contributed by atoms with Crippen molar-refractivity contribution in [2.75, 3.05) is 11.4 Å². The summed E-state index contributed by atoms with van der Waals surface area (Å²) in [5.74, 6) is -0.0302. The number of carbonyl (C=O) groups excluding carboxylic acids is 1. The predicted molar refractivity (Wildman–Crippen MR) is 107 cm³/mol. The zero-order chi connectivity index (χ0) is 19.5. The highest BCUT2D eigenvalue weighted by Crippen LogP contribution is 2.31. The third-order valence-corrected chi connectivity index (χ3v) is 5.69. The number of nitrogens with zero attached hydrogens (tertiary/aromatic N) is 4. The van der Waals surface area contributed by atoms with Gasteiger partial charge in [0.2, 0.25) is 5.91 Å². The summed E-state index contributed by atoms with van der Waals surface area (Å²) in [6, 6.07) is 8.59. The number of benzene rings is 1. The number of fused-ring (bicyclic) bond motifs is 1. The maximum absolute atomic E-state index is 12.8. The van der Waals surface area contributed by atoms with Gasteiger partial charge in [-0.3, -0.25) is 19.9 Å². The van der Waals surface area contributed by atoms with Gasteiger partial charge in [-0.1, -0.05) is 6.07 Å². The van der Waals surface area contributed by atoms with E-state index in [1.165, 1.54) is 23.5 Å². The minimum atomic E-state index is -0.424. The van der Waals surface area contributed by atoms with E-state index in [9.17, 15) is 14.9 Å². The highest BCUT2D eigenvalue weighted by atomic mass is 32.1. The summed E-state index contributed by atoms with van der Waals surface area (Å²) in [5, 5.41) is 13.9. The Labute approximate surface area is 165 Å². The average molecular weight is 394 g/mol. The van der Waals surface area contributed by atoms with E-state index in [-0.39, 0.29) is 11.6 Å². The number of hydrogen-bond donors (Lipinski definition) is 0. The number of aryl methyl sites for hydroxylation is 2. The number of anilines is 1. The summed E-state index contributed by atoms with van der Waals surface area (Å²) in [5.41, 5.74) is 3.49. The minimum Gasteiger partial charge on any atom is -0.312 e. The lowest BCUT2D eigenvalue weighted by Crippen LogP contribution is -2.35. The van der Waals surface area contributed by atoms with Gasteiger partial charge in [0.15, 0.2) is 0 Å². The quantitative estimate of drug-likeness (QED) is 0.481. The molecule has 8 heteroatoms. The van der Waals surface area contributed by atoms with Gasteiger partial charge in [0.1, 0.15) is 5.01 Å². The van der Waals surface area contributed by atoms with E-state index in [1.807, 2.05) is 17.5 Å². The molecule has 1 aliphatic rings. The standard InChI is InChI=1S/C20H18N4O3S/c25-19(8-6-16-13-28-20(22-16)15-3-1-9-21-12-15)23-10-2-4-14-5-7-17(24(26)27)11-18(14)23/h1,3,5,7,9,11-13H,2,4,6,8,10H2. The second-order valence-electron chi connectivity index (χ2n) is 6.60. The van der Waals surface area contributed by atoms with Crippen LogP contribution in [0.2, 0.25) is 0 Å². The average Bonchev–Trinajstić information content (AvgIpc) is 3.21. The monoisotopic (exact) mass is 394 g/mol. The first-order chi connectivity index (χ1) is 13.6. The molecular weight excluding hydrogens is 376 g/mol. The fraction of sp³-hybridized carbons (Fsp3) is 0.250. The number of aromatic nitrogens is 2. The van der Waals surface area contributed by atoms with Crippen LogP contribution in [0.3, 0.4) is 0 Å². The van der Waals surface area contributed by atoms with Crippen molar-refractivity contribution in [2.24, 2.45) is 0 Å². The number of carbonyl (C=O) groups is 1. The molecule has 1 aromatic carbocycles. The van der Waals surface area contributed by atoms with E-state index in [0.717, 1.165) is 34.7 Å². The summed E-state index contributed by atoms with van der Waals surface area (Å²) in [6.45, 7) is 0.588. The van der Waals surface area contributed by atoms with Crippen LogP contribution in [0.5, 0.6) is 0 Å². The zero-order valence-electron chi connectivity index (χ0n) is 15.1. The molecule has 0 unspecified atom stereocenters. The van der Waals surface area contributed by atoms with E-state index >= 15 is 0 Å². The van der Waals surface area contributed by atoms with E-state index < -0.39 is 4.92 Å². The van der Waals surface area contributed by atoms with Crippen LogP contribution in [0, 0.1) is 10.1 Å². The van der Waals surface area contributed by atoms with Crippen molar-refractivity contribution in [1.82, 2.24) is 9.97 Å². The molecule has 0 aliphatic carbocycles. The lowest BCUT2D eigenvalue weighted by Gasteiger charge is -2.29. The van der Waals surface area contributed by atoms with Crippen LogP contribution in [-0.2, 0) is 17.6 Å². The SMILES string of the molecule is O=C(CCc1csc(-c2cccnc2)n1)N1CCCc2ccc([N+](=O)[O-])cc21. The van der Waals surface area contributed by atoms with Crippen LogP contribution in [0.4, 0.5) is 11.4 Å². The van der Waals surface area contributed by atoms with Crippen molar-refractivity contribution in [3.8, 4) is 10.6 Å². The van der Waals surface area contributed by atoms with Gasteiger partial charge < -0.3 is 4.90 Å². The number of nitro benzene ring substituents is 1. The van der Waals surface area contributed by atoms with Crippen LogP contribution in [0.25, 0.3) is 10.6 Å². The van der Waals surface area contributed by atoms with E-state index in [4.69, 9.17) is 0 Å². The Balaban J connectivity index is 1.46. The fourth-order valence-corrected chi connectivity index (χ4v) is 4.19. The van der Waals surface area contributed by atoms with Crippen LogP contribution in [0.1, 0.15) is 24.1 Å². The van der Waals surface area contributed by atoms with Crippen molar-refractivity contribution in [3.05, 3.63) is 69.5 Å². The van der Waals surface area contributed by atoms with Gasteiger partial charge in [-0.15, -0.1) is 11.3 Å². The Hall–Kier alpha value is -3.13. The van der Waals surface area contributed by atoms with Gasteiger partial charge in [-0.25, -0.2) is 4.98 Å². The molecule has 0 atom stereocenters. The largest absolute Gasteiger partial charge is 0.312 e. The number of amides is 1. The Bertz CT molecular complexity index is 1020. The molecular formula is C20H18N4O3S. The molecule has 0 spiro atoms. The van der Waals surface area contributed by atoms with Gasteiger partial charge in [0.05, 0.1) is 16.3 Å². The number of non-ortho nitro benzene ring substituents is 1. The molecule has 3 aromatic rings. The fourth-order valence-electron chi connectivity index (χ4n) is 3.35. The molecule has 4 rings (SSSR count). The van der Waals surface area contributed by atoms with E-state index in [2.05, 4.69) is 9.97 Å². The third kappa shape index (κ3) is 3.77. The Kier molecular flexibility index (Phi) is 5.12. The number of hydrogen-bond acceptors (Lipinski definition) is 6. The molecule has 28 heavy (non-hydrogen) atoms. The van der Waals surface area contributed by atoms with Crippen molar-refractivity contribution >= 4 is 28.6 Å². The second-order valence-corrected chi connectivity index (χ2v) is 7.46. The summed E-state index contributed by atoms with van der Waals surface area (Å²) in [7, 11) is 0. The van der Waals surface area contributed by atoms with Crippen LogP contribution >= 0.6 is 11.3 Å². The van der Waals surface area contributed by atoms with Gasteiger partial charge >= 0.3 is 0 Å². The number of pyridine rings is 1. The highest BCUT2D eigenvalue weighted by molar-refractivity contribution is 7.13. The highest BCUT2D eigenvalue weighted by Gasteiger charge is 2.24. The smallest absolute Gasteiger partial charge is 0.271 e. The molecule has 142 valence electrons. The first kappa shape index (κ1) is 18.2. The first-order valence-electron chi connectivity index (χ1n) is 9.04. The van der Waals surface area contributed by atoms with Crippen molar-refractivity contribution < 1.29 is 9.72 Å².